The number of pyridine rings is 1. The largest absolute Gasteiger partial charge is 0.332 e. The third-order valence-electron chi connectivity index (χ3n) is 4.66. The van der Waals surface area contributed by atoms with Gasteiger partial charge in [-0.15, -0.1) is 11.3 Å². The van der Waals surface area contributed by atoms with E-state index < -0.39 is 17.2 Å². The molecule has 0 saturated heterocycles. The predicted molar refractivity (Wildman–Crippen MR) is 107 cm³/mol. The van der Waals surface area contributed by atoms with E-state index in [0.717, 1.165) is 4.57 Å². The molecule has 7 nitrogen and oxygen atoms in total. The van der Waals surface area contributed by atoms with Crippen LogP contribution in [-0.4, -0.2) is 20.0 Å². The van der Waals surface area contributed by atoms with Crippen molar-refractivity contribution in [3.63, 3.8) is 0 Å². The molecule has 0 saturated carbocycles. The summed E-state index contributed by atoms with van der Waals surface area (Å²) in [5, 5.41) is 3.34. The summed E-state index contributed by atoms with van der Waals surface area (Å²) in [7, 11) is 2.90. The predicted octanol–water partition coefficient (Wildman–Crippen LogP) is 2.55. The maximum Gasteiger partial charge on any atom is 0.332 e. The third-order valence-corrected chi connectivity index (χ3v) is 5.92. The van der Waals surface area contributed by atoms with Gasteiger partial charge in [-0.2, -0.15) is 0 Å². The monoisotopic (exact) mass is 398 g/mol. The number of amides is 1. The zero-order valence-electron chi connectivity index (χ0n) is 15.2. The Morgan fingerprint density at radius 3 is 2.68 bits per heavy atom. The molecule has 0 unspecified atom stereocenters. The number of hydrogen-bond donors (Lipinski definition) is 1. The summed E-state index contributed by atoms with van der Waals surface area (Å²) in [5.41, 5.74) is 0.117. The van der Waals surface area contributed by atoms with E-state index in [0.29, 0.717) is 26.2 Å². The van der Waals surface area contributed by atoms with Crippen molar-refractivity contribution in [3.8, 4) is 0 Å². The molecule has 1 aromatic carbocycles. The summed E-state index contributed by atoms with van der Waals surface area (Å²) in [6, 6.07) is 6.19. The van der Waals surface area contributed by atoms with E-state index in [9.17, 15) is 18.8 Å². The van der Waals surface area contributed by atoms with Crippen LogP contribution in [0.15, 0.2) is 40.1 Å². The molecule has 3 heterocycles. The number of fused-ring (bicyclic) bond motifs is 2. The number of benzene rings is 1. The van der Waals surface area contributed by atoms with Gasteiger partial charge in [-0.25, -0.2) is 14.2 Å². The van der Waals surface area contributed by atoms with Gasteiger partial charge in [0, 0.05) is 24.2 Å². The highest BCUT2D eigenvalue weighted by Crippen LogP contribution is 2.33. The molecule has 3 aromatic heterocycles. The van der Waals surface area contributed by atoms with Crippen molar-refractivity contribution in [1.29, 1.82) is 0 Å². The van der Waals surface area contributed by atoms with Gasteiger partial charge in [0.2, 0.25) is 0 Å². The lowest BCUT2D eigenvalue weighted by Crippen LogP contribution is -2.37. The summed E-state index contributed by atoms with van der Waals surface area (Å²) in [4.78, 5) is 41.6. The summed E-state index contributed by atoms with van der Waals surface area (Å²) in [6.07, 6.45) is 1.38. The highest BCUT2D eigenvalue weighted by atomic mass is 32.1. The number of carbonyl (C=O) groups is 1. The molecular formula is C19H15FN4O3S. The summed E-state index contributed by atoms with van der Waals surface area (Å²) >= 11 is 1.20. The Bertz CT molecular complexity index is 1400. The molecule has 28 heavy (non-hydrogen) atoms. The number of rotatable bonds is 2. The molecule has 1 amide bonds. The van der Waals surface area contributed by atoms with Crippen LogP contribution in [0.25, 0.3) is 21.1 Å². The molecular weight excluding hydrogens is 383 g/mol. The van der Waals surface area contributed by atoms with Gasteiger partial charge in [-0.1, -0.05) is 6.07 Å². The second-order valence-corrected chi connectivity index (χ2v) is 7.48. The van der Waals surface area contributed by atoms with Gasteiger partial charge in [-0.05, 0) is 30.7 Å². The lowest BCUT2D eigenvalue weighted by Gasteiger charge is -2.09. The zero-order valence-corrected chi connectivity index (χ0v) is 16.1. The quantitative estimate of drug-likeness (QED) is 0.562. The Kier molecular flexibility index (Phi) is 4.11. The second kappa shape index (κ2) is 6.38. The number of halogens is 1. The molecule has 1 N–H and O–H groups in total. The van der Waals surface area contributed by atoms with Crippen molar-refractivity contribution in [2.24, 2.45) is 14.1 Å². The smallest absolute Gasteiger partial charge is 0.320 e. The Morgan fingerprint density at radius 1 is 1.21 bits per heavy atom. The first-order valence-electron chi connectivity index (χ1n) is 8.34. The van der Waals surface area contributed by atoms with Crippen LogP contribution in [0.3, 0.4) is 0 Å². The average Bonchev–Trinajstić information content (AvgIpc) is 3.02. The molecule has 0 atom stereocenters. The minimum Gasteiger partial charge on any atom is -0.320 e. The maximum absolute atomic E-state index is 14.1. The van der Waals surface area contributed by atoms with E-state index in [1.165, 1.54) is 48.3 Å². The summed E-state index contributed by atoms with van der Waals surface area (Å²) < 4.78 is 17.0. The second-order valence-electron chi connectivity index (χ2n) is 6.42. The van der Waals surface area contributed by atoms with Crippen molar-refractivity contribution in [1.82, 2.24) is 14.1 Å². The van der Waals surface area contributed by atoms with Gasteiger partial charge in [-0.3, -0.25) is 18.7 Å². The molecule has 0 spiro atoms. The fourth-order valence-electron chi connectivity index (χ4n) is 3.19. The Morgan fingerprint density at radius 2 is 1.96 bits per heavy atom. The highest BCUT2D eigenvalue weighted by molar-refractivity contribution is 7.21. The van der Waals surface area contributed by atoms with Gasteiger partial charge >= 0.3 is 5.69 Å². The molecule has 0 aliphatic carbocycles. The van der Waals surface area contributed by atoms with Gasteiger partial charge < -0.3 is 5.32 Å². The fraction of sp³-hybridized carbons (Fsp3) is 0.158. The van der Waals surface area contributed by atoms with Crippen molar-refractivity contribution < 1.29 is 9.18 Å². The molecule has 0 aliphatic heterocycles. The van der Waals surface area contributed by atoms with Crippen LogP contribution in [0.4, 0.5) is 10.1 Å². The topological polar surface area (TPSA) is 86.0 Å². The van der Waals surface area contributed by atoms with E-state index in [2.05, 4.69) is 10.3 Å². The lowest BCUT2D eigenvalue weighted by atomic mass is 10.1. The Balaban J connectivity index is 1.78. The first-order chi connectivity index (χ1) is 13.3. The number of nitrogens with one attached hydrogen (secondary N) is 1. The van der Waals surface area contributed by atoms with E-state index in [1.54, 1.807) is 19.1 Å². The minimum absolute atomic E-state index is 0.210. The van der Waals surface area contributed by atoms with E-state index in [-0.39, 0.29) is 16.9 Å². The maximum atomic E-state index is 14.1. The van der Waals surface area contributed by atoms with Gasteiger partial charge in [0.25, 0.3) is 11.5 Å². The standard InChI is InChI=1S/C19H15FN4O3S/c1-9-14-12(20)5-4-6-13(14)28-15(9)17(25)22-10-7-11-16(21-8-10)23(2)19(27)24(3)18(11)26/h4-8H,1-3H3,(H,22,25). The van der Waals surface area contributed by atoms with E-state index in [1.807, 2.05) is 0 Å². The Labute approximate surface area is 161 Å². The number of carbonyl (C=O) groups excluding carboxylic acids is 1. The van der Waals surface area contributed by atoms with E-state index in [4.69, 9.17) is 0 Å². The molecule has 0 radical (unpaired) electrons. The molecule has 0 fully saturated rings. The van der Waals surface area contributed by atoms with Crippen LogP contribution in [0.2, 0.25) is 0 Å². The Hall–Kier alpha value is -3.33. The number of hydrogen-bond acceptors (Lipinski definition) is 5. The van der Waals surface area contributed by atoms with Crippen LogP contribution >= 0.6 is 11.3 Å². The molecule has 0 aliphatic rings. The SMILES string of the molecule is Cc1c(C(=O)Nc2cnc3c(c2)c(=O)n(C)c(=O)n3C)sc2cccc(F)c12. The van der Waals surface area contributed by atoms with Crippen molar-refractivity contribution in [3.05, 3.63) is 67.6 Å². The van der Waals surface area contributed by atoms with Crippen molar-refractivity contribution in [2.75, 3.05) is 5.32 Å². The normalized spacial score (nSPS) is 11.3. The average molecular weight is 398 g/mol. The van der Waals surface area contributed by atoms with Crippen molar-refractivity contribution >= 4 is 44.1 Å². The fourth-order valence-corrected chi connectivity index (χ4v) is 4.31. The van der Waals surface area contributed by atoms with Gasteiger partial charge in [0.05, 0.1) is 22.1 Å². The number of aromatic nitrogens is 3. The lowest BCUT2D eigenvalue weighted by molar-refractivity contribution is 0.103. The van der Waals surface area contributed by atoms with Crippen LogP contribution in [0.1, 0.15) is 15.2 Å². The highest BCUT2D eigenvalue weighted by Gasteiger charge is 2.18. The number of anilines is 1. The number of aryl methyl sites for hydroxylation is 2. The van der Waals surface area contributed by atoms with Gasteiger partial charge in [0.15, 0.2) is 0 Å². The molecule has 4 rings (SSSR count). The van der Waals surface area contributed by atoms with Crippen LogP contribution in [0, 0.1) is 12.7 Å². The first-order valence-corrected chi connectivity index (χ1v) is 9.16. The summed E-state index contributed by atoms with van der Waals surface area (Å²) in [5.74, 6) is -0.789. The minimum atomic E-state index is -0.498. The molecule has 4 aromatic rings. The first kappa shape index (κ1) is 18.1. The zero-order chi connectivity index (χ0) is 20.2. The third kappa shape index (κ3) is 2.63. The van der Waals surface area contributed by atoms with Crippen LogP contribution in [-0.2, 0) is 14.1 Å². The van der Waals surface area contributed by atoms with E-state index >= 15 is 0 Å². The van der Waals surface area contributed by atoms with Crippen LogP contribution in [0.5, 0.6) is 0 Å². The molecule has 9 heteroatoms. The number of nitrogens with zero attached hydrogens (tertiary/aromatic N) is 3. The van der Waals surface area contributed by atoms with Gasteiger partial charge in [0.1, 0.15) is 11.5 Å². The number of thiophene rings is 1. The summed E-state index contributed by atoms with van der Waals surface area (Å²) in [6.45, 7) is 1.70. The van der Waals surface area contributed by atoms with Crippen LogP contribution < -0.4 is 16.6 Å². The molecule has 0 bridgehead atoms. The van der Waals surface area contributed by atoms with Crippen molar-refractivity contribution in [2.45, 2.75) is 6.92 Å². The molecule has 142 valence electrons.